The molecule has 0 spiro atoms. The molecular weight excluding hydrogens is 417 g/mol. The number of amides is 1. The normalized spacial score (nSPS) is 14.9. The van der Waals surface area contributed by atoms with E-state index in [2.05, 4.69) is 27.3 Å². The van der Waals surface area contributed by atoms with Crippen LogP contribution < -0.4 is 10.2 Å². The zero-order chi connectivity index (χ0) is 22.7. The van der Waals surface area contributed by atoms with Crippen molar-refractivity contribution in [1.82, 2.24) is 10.2 Å². The van der Waals surface area contributed by atoms with E-state index in [0.717, 1.165) is 67.5 Å². The topological polar surface area (TPSA) is 58.1 Å². The van der Waals surface area contributed by atoms with Gasteiger partial charge in [0.1, 0.15) is 0 Å². The van der Waals surface area contributed by atoms with Gasteiger partial charge in [0.25, 0.3) is 5.91 Å². The molecule has 1 aromatic heterocycles. The molecule has 1 saturated heterocycles. The molecule has 0 bridgehead atoms. The number of rotatable bonds is 4. The van der Waals surface area contributed by atoms with E-state index in [4.69, 9.17) is 0 Å². The summed E-state index contributed by atoms with van der Waals surface area (Å²) in [5.41, 5.74) is 1.31. The van der Waals surface area contributed by atoms with Gasteiger partial charge in [0.05, 0.1) is 11.3 Å². The maximum Gasteiger partial charge on any atom is 0.416 e. The number of hydrogen-bond donors (Lipinski definition) is 1. The van der Waals surface area contributed by atoms with Crippen LogP contribution in [0.5, 0.6) is 0 Å². The average molecular weight is 440 g/mol. The Morgan fingerprint density at radius 1 is 1.00 bits per heavy atom. The molecule has 1 fully saturated rings. The van der Waals surface area contributed by atoms with Gasteiger partial charge in [0, 0.05) is 29.9 Å². The molecule has 1 aliphatic rings. The third-order valence-corrected chi connectivity index (χ3v) is 5.65. The molecule has 0 atom stereocenters. The Hall–Kier alpha value is -3.42. The van der Waals surface area contributed by atoms with Crippen molar-refractivity contribution in [2.75, 3.05) is 23.3 Å². The van der Waals surface area contributed by atoms with Crippen LogP contribution in [-0.4, -0.2) is 29.2 Å². The van der Waals surface area contributed by atoms with E-state index in [1.807, 2.05) is 18.2 Å². The van der Waals surface area contributed by atoms with E-state index in [-0.39, 0.29) is 5.56 Å². The zero-order valence-electron chi connectivity index (χ0n) is 17.6. The van der Waals surface area contributed by atoms with Gasteiger partial charge in [-0.15, -0.1) is 10.2 Å². The van der Waals surface area contributed by atoms with E-state index in [9.17, 15) is 18.0 Å². The van der Waals surface area contributed by atoms with Crippen LogP contribution in [0, 0.1) is 5.92 Å². The van der Waals surface area contributed by atoms with E-state index < -0.39 is 17.6 Å². The minimum Gasteiger partial charge on any atom is -0.355 e. The van der Waals surface area contributed by atoms with E-state index in [0.29, 0.717) is 11.4 Å². The molecule has 5 nitrogen and oxygen atoms in total. The van der Waals surface area contributed by atoms with Crippen LogP contribution in [0.3, 0.4) is 0 Å². The second-order valence-corrected chi connectivity index (χ2v) is 8.06. The largest absolute Gasteiger partial charge is 0.416 e. The standard InChI is InChI=1S/C24H23F3N4O/c1-16-11-13-31(14-12-16)22-10-9-21(29-30-22)18-3-2-4-20(15-18)28-23(32)17-5-7-19(8-6-17)24(25,26)27/h2-10,15-16H,11-14H2,1H3,(H,28,32). The summed E-state index contributed by atoms with van der Waals surface area (Å²) in [6.45, 7) is 4.21. The first kappa shape index (κ1) is 21.8. The average Bonchev–Trinajstić information content (AvgIpc) is 2.79. The molecule has 4 rings (SSSR count). The van der Waals surface area contributed by atoms with Gasteiger partial charge in [-0.3, -0.25) is 4.79 Å². The SMILES string of the molecule is CC1CCN(c2ccc(-c3cccc(NC(=O)c4ccc(C(F)(F)F)cc4)c3)nn2)CC1. The van der Waals surface area contributed by atoms with Crippen LogP contribution >= 0.6 is 0 Å². The molecule has 1 N–H and O–H groups in total. The summed E-state index contributed by atoms with van der Waals surface area (Å²) in [6, 6.07) is 15.1. The van der Waals surface area contributed by atoms with Crippen molar-refractivity contribution in [3.8, 4) is 11.3 Å². The number of aromatic nitrogens is 2. The Balaban J connectivity index is 1.45. The van der Waals surface area contributed by atoms with E-state index in [1.165, 1.54) is 0 Å². The van der Waals surface area contributed by atoms with E-state index >= 15 is 0 Å². The molecular formula is C24H23F3N4O. The third-order valence-electron chi connectivity index (χ3n) is 5.65. The summed E-state index contributed by atoms with van der Waals surface area (Å²) >= 11 is 0. The molecule has 2 aromatic carbocycles. The van der Waals surface area contributed by atoms with Gasteiger partial charge < -0.3 is 10.2 Å². The number of carbonyl (C=O) groups is 1. The van der Waals surface area contributed by atoms with Crippen LogP contribution in [0.2, 0.25) is 0 Å². The number of nitrogens with one attached hydrogen (secondary N) is 1. The number of anilines is 2. The van der Waals surface area contributed by atoms with Crippen molar-refractivity contribution in [3.63, 3.8) is 0 Å². The Morgan fingerprint density at radius 3 is 2.34 bits per heavy atom. The molecule has 1 aliphatic heterocycles. The molecule has 1 amide bonds. The van der Waals surface area contributed by atoms with Gasteiger partial charge in [0.15, 0.2) is 5.82 Å². The zero-order valence-corrected chi connectivity index (χ0v) is 17.6. The lowest BCUT2D eigenvalue weighted by Crippen LogP contribution is -2.33. The monoisotopic (exact) mass is 440 g/mol. The lowest BCUT2D eigenvalue weighted by atomic mass is 9.99. The van der Waals surface area contributed by atoms with Crippen molar-refractivity contribution in [3.05, 3.63) is 71.8 Å². The lowest BCUT2D eigenvalue weighted by Gasteiger charge is -2.30. The number of benzene rings is 2. The first-order chi connectivity index (χ1) is 15.3. The summed E-state index contributed by atoms with van der Waals surface area (Å²) in [5, 5.41) is 11.4. The van der Waals surface area contributed by atoms with Gasteiger partial charge in [-0.1, -0.05) is 19.1 Å². The number of nitrogens with zero attached hydrogens (tertiary/aromatic N) is 3. The Bertz CT molecular complexity index is 1070. The fraction of sp³-hybridized carbons (Fsp3) is 0.292. The maximum absolute atomic E-state index is 12.7. The van der Waals surface area contributed by atoms with Crippen molar-refractivity contribution < 1.29 is 18.0 Å². The molecule has 32 heavy (non-hydrogen) atoms. The van der Waals surface area contributed by atoms with E-state index in [1.54, 1.807) is 18.2 Å². The van der Waals surface area contributed by atoms with Crippen molar-refractivity contribution in [2.24, 2.45) is 5.92 Å². The highest BCUT2D eigenvalue weighted by molar-refractivity contribution is 6.04. The number of carbonyl (C=O) groups excluding carboxylic acids is 1. The first-order valence-electron chi connectivity index (χ1n) is 10.5. The maximum atomic E-state index is 12.7. The predicted octanol–water partition coefficient (Wildman–Crippen LogP) is 5.65. The van der Waals surface area contributed by atoms with Gasteiger partial charge in [-0.05, 0) is 67.3 Å². The third kappa shape index (κ3) is 5.07. The second kappa shape index (κ2) is 8.98. The van der Waals surface area contributed by atoms with Crippen molar-refractivity contribution >= 4 is 17.4 Å². The summed E-state index contributed by atoms with van der Waals surface area (Å²) in [5.74, 6) is 1.10. The van der Waals surface area contributed by atoms with Gasteiger partial charge in [0.2, 0.25) is 0 Å². The van der Waals surface area contributed by atoms with Crippen molar-refractivity contribution in [2.45, 2.75) is 25.9 Å². The summed E-state index contributed by atoms with van der Waals surface area (Å²) in [7, 11) is 0. The molecule has 166 valence electrons. The highest BCUT2D eigenvalue weighted by Gasteiger charge is 2.30. The van der Waals surface area contributed by atoms with Gasteiger partial charge in [-0.25, -0.2) is 0 Å². The fourth-order valence-corrected chi connectivity index (χ4v) is 3.66. The summed E-state index contributed by atoms with van der Waals surface area (Å²) in [6.07, 6.45) is -2.15. The Morgan fingerprint density at radius 2 is 1.72 bits per heavy atom. The molecule has 3 aromatic rings. The first-order valence-corrected chi connectivity index (χ1v) is 10.5. The number of hydrogen-bond acceptors (Lipinski definition) is 4. The predicted molar refractivity (Wildman–Crippen MR) is 117 cm³/mol. The highest BCUT2D eigenvalue weighted by Crippen LogP contribution is 2.29. The minimum atomic E-state index is -4.44. The molecule has 0 saturated carbocycles. The fourth-order valence-electron chi connectivity index (χ4n) is 3.66. The van der Waals surface area contributed by atoms with Crippen LogP contribution in [-0.2, 0) is 6.18 Å². The van der Waals surface area contributed by atoms with Crippen LogP contribution in [0.1, 0.15) is 35.7 Å². The number of halogens is 3. The quantitative estimate of drug-likeness (QED) is 0.570. The molecule has 2 heterocycles. The van der Waals surface area contributed by atoms with Crippen LogP contribution in [0.15, 0.2) is 60.7 Å². The smallest absolute Gasteiger partial charge is 0.355 e. The number of piperidine rings is 1. The Labute approximate surface area is 184 Å². The lowest BCUT2D eigenvalue weighted by molar-refractivity contribution is -0.137. The second-order valence-electron chi connectivity index (χ2n) is 8.06. The van der Waals surface area contributed by atoms with Crippen LogP contribution in [0.4, 0.5) is 24.7 Å². The van der Waals surface area contributed by atoms with Gasteiger partial charge in [-0.2, -0.15) is 13.2 Å². The molecule has 8 heteroatoms. The summed E-state index contributed by atoms with van der Waals surface area (Å²) in [4.78, 5) is 14.7. The Kier molecular flexibility index (Phi) is 6.12. The molecule has 0 unspecified atom stereocenters. The molecule has 0 radical (unpaired) electrons. The van der Waals surface area contributed by atoms with Crippen molar-refractivity contribution in [1.29, 1.82) is 0 Å². The summed E-state index contributed by atoms with van der Waals surface area (Å²) < 4.78 is 38.1. The van der Waals surface area contributed by atoms with Gasteiger partial charge >= 0.3 is 6.18 Å². The van der Waals surface area contributed by atoms with Crippen LogP contribution in [0.25, 0.3) is 11.3 Å². The number of alkyl halides is 3. The highest BCUT2D eigenvalue weighted by atomic mass is 19.4. The minimum absolute atomic E-state index is 0.142. The molecule has 0 aliphatic carbocycles.